The van der Waals surface area contributed by atoms with Crippen LogP contribution in [0.3, 0.4) is 0 Å². The summed E-state index contributed by atoms with van der Waals surface area (Å²) >= 11 is 0. The van der Waals surface area contributed by atoms with E-state index in [0.29, 0.717) is 18.3 Å². The molecule has 3 heteroatoms. The van der Waals surface area contributed by atoms with Gasteiger partial charge in [0.05, 0.1) is 6.10 Å². The first-order chi connectivity index (χ1) is 10.4. The van der Waals surface area contributed by atoms with Crippen molar-refractivity contribution in [2.45, 2.75) is 71.1 Å². The highest BCUT2D eigenvalue weighted by Crippen LogP contribution is 2.64. The highest BCUT2D eigenvalue weighted by molar-refractivity contribution is 5.91. The normalized spacial score (nSPS) is 54.3. The number of allylic oxidation sites excluding steroid dienone is 1. The number of hydrogen-bond donors (Lipinski definition) is 1. The van der Waals surface area contributed by atoms with Gasteiger partial charge in [0.2, 0.25) is 0 Å². The Labute approximate surface area is 132 Å². The molecule has 0 saturated heterocycles. The molecule has 0 aromatic carbocycles. The van der Waals surface area contributed by atoms with Crippen LogP contribution in [-0.2, 0) is 4.79 Å². The Morgan fingerprint density at radius 1 is 1.18 bits per heavy atom. The van der Waals surface area contributed by atoms with Crippen LogP contribution >= 0.6 is 0 Å². The predicted octanol–water partition coefficient (Wildman–Crippen LogP) is 3.83. The van der Waals surface area contributed by atoms with E-state index in [0.717, 1.165) is 32.1 Å². The smallest absolute Gasteiger partial charge is 0.173 e. The number of rotatable bonds is 0. The Morgan fingerprint density at radius 2 is 1.95 bits per heavy atom. The third kappa shape index (κ3) is 1.72. The van der Waals surface area contributed by atoms with Gasteiger partial charge in [-0.15, -0.1) is 0 Å². The second-order valence-electron chi connectivity index (χ2n) is 8.62. The van der Waals surface area contributed by atoms with E-state index in [1.165, 1.54) is 12.0 Å². The second kappa shape index (κ2) is 4.66. The zero-order valence-electron chi connectivity index (χ0n) is 13.6. The van der Waals surface area contributed by atoms with E-state index in [-0.39, 0.29) is 23.2 Å². The van der Waals surface area contributed by atoms with Crippen molar-refractivity contribution in [3.8, 4) is 0 Å². The van der Waals surface area contributed by atoms with Crippen molar-refractivity contribution >= 4 is 5.78 Å². The lowest BCUT2D eigenvalue weighted by atomic mass is 9.47. The van der Waals surface area contributed by atoms with Crippen molar-refractivity contribution in [3.63, 3.8) is 0 Å². The highest BCUT2D eigenvalue weighted by atomic mass is 19.1. The monoisotopic (exact) mass is 306 g/mol. The molecule has 3 saturated carbocycles. The summed E-state index contributed by atoms with van der Waals surface area (Å²) in [5.74, 6) is 0.779. The molecule has 2 nitrogen and oxygen atoms in total. The molecule has 0 spiro atoms. The van der Waals surface area contributed by atoms with Gasteiger partial charge in [0.1, 0.15) is 0 Å². The van der Waals surface area contributed by atoms with Crippen LogP contribution in [0.4, 0.5) is 4.39 Å². The van der Waals surface area contributed by atoms with Gasteiger partial charge in [-0.25, -0.2) is 4.39 Å². The van der Waals surface area contributed by atoms with Gasteiger partial charge < -0.3 is 5.11 Å². The molecule has 4 aliphatic rings. The summed E-state index contributed by atoms with van der Waals surface area (Å²) in [6, 6.07) is 0. The topological polar surface area (TPSA) is 37.3 Å². The molecule has 22 heavy (non-hydrogen) atoms. The fraction of sp³-hybridized carbons (Fsp3) is 0.842. The molecule has 3 fully saturated rings. The zero-order chi connectivity index (χ0) is 15.7. The molecule has 0 aromatic heterocycles. The maximum atomic E-state index is 14.1. The molecule has 4 aliphatic carbocycles. The Morgan fingerprint density at radius 3 is 2.73 bits per heavy atom. The minimum absolute atomic E-state index is 0.0688. The molecule has 0 aromatic rings. The Bertz CT molecular complexity index is 542. The lowest BCUT2D eigenvalue weighted by Crippen LogP contribution is -2.53. The second-order valence-corrected chi connectivity index (χ2v) is 8.62. The number of fused-ring (bicyclic) bond motifs is 5. The average molecular weight is 306 g/mol. The van der Waals surface area contributed by atoms with E-state index in [1.54, 1.807) is 0 Å². The zero-order valence-corrected chi connectivity index (χ0v) is 13.6. The maximum absolute atomic E-state index is 14.1. The average Bonchev–Trinajstić information content (AvgIpc) is 2.71. The number of hydrogen-bond acceptors (Lipinski definition) is 2. The first-order valence-corrected chi connectivity index (χ1v) is 8.95. The third-order valence-electron chi connectivity index (χ3n) is 7.73. The van der Waals surface area contributed by atoms with E-state index in [9.17, 15) is 14.3 Å². The molecule has 2 unspecified atom stereocenters. The van der Waals surface area contributed by atoms with Crippen LogP contribution in [0, 0.1) is 28.6 Å². The number of Topliss-reactive ketones (excluding diaryl/α,β-unsaturated/α-hetero) is 1. The van der Waals surface area contributed by atoms with Crippen LogP contribution < -0.4 is 0 Å². The van der Waals surface area contributed by atoms with Gasteiger partial charge in [0.25, 0.3) is 0 Å². The van der Waals surface area contributed by atoms with E-state index >= 15 is 0 Å². The number of alkyl halides is 1. The molecule has 0 radical (unpaired) electrons. The minimum atomic E-state index is -1.28. The molecule has 7 atom stereocenters. The summed E-state index contributed by atoms with van der Waals surface area (Å²) in [5, 5.41) is 10.7. The molecular weight excluding hydrogens is 279 g/mol. The van der Waals surface area contributed by atoms with E-state index in [4.69, 9.17) is 0 Å². The van der Waals surface area contributed by atoms with Crippen molar-refractivity contribution in [3.05, 3.63) is 11.6 Å². The van der Waals surface area contributed by atoms with Crippen LogP contribution in [0.25, 0.3) is 0 Å². The van der Waals surface area contributed by atoms with Crippen molar-refractivity contribution < 1.29 is 14.3 Å². The van der Waals surface area contributed by atoms with Crippen LogP contribution in [0.2, 0.25) is 0 Å². The maximum Gasteiger partial charge on any atom is 0.173 e. The SMILES string of the molecule is C[C@]12CCCC=C1C(O)C[C@@H]1[C@H]2CC[C@]2(C)C(=O)C(F)C[C@@H]12. The van der Waals surface area contributed by atoms with Gasteiger partial charge in [-0.3, -0.25) is 4.79 Å². The molecule has 0 aliphatic heterocycles. The lowest BCUT2D eigenvalue weighted by molar-refractivity contribution is -0.136. The molecular formula is C19H27FO2. The summed E-state index contributed by atoms with van der Waals surface area (Å²) in [7, 11) is 0. The largest absolute Gasteiger partial charge is 0.389 e. The molecule has 1 N–H and O–H groups in total. The highest BCUT2D eigenvalue weighted by Gasteiger charge is 2.62. The van der Waals surface area contributed by atoms with E-state index < -0.39 is 11.6 Å². The summed E-state index contributed by atoms with van der Waals surface area (Å²) < 4.78 is 14.1. The summed E-state index contributed by atoms with van der Waals surface area (Å²) in [6.45, 7) is 4.29. The number of aliphatic hydroxyl groups excluding tert-OH is 1. The van der Waals surface area contributed by atoms with Crippen molar-refractivity contribution in [2.24, 2.45) is 28.6 Å². The molecule has 0 bridgehead atoms. The summed E-state index contributed by atoms with van der Waals surface area (Å²) in [5.41, 5.74) is 0.830. The van der Waals surface area contributed by atoms with Gasteiger partial charge in [-0.1, -0.05) is 19.9 Å². The minimum Gasteiger partial charge on any atom is -0.389 e. The van der Waals surface area contributed by atoms with Crippen molar-refractivity contribution in [1.29, 1.82) is 0 Å². The fourth-order valence-corrected chi connectivity index (χ4v) is 6.56. The lowest BCUT2D eigenvalue weighted by Gasteiger charge is -2.58. The number of ketones is 1. The number of halogens is 1. The quantitative estimate of drug-likeness (QED) is 0.691. The van der Waals surface area contributed by atoms with Gasteiger partial charge >= 0.3 is 0 Å². The molecule has 4 rings (SSSR count). The van der Waals surface area contributed by atoms with Crippen LogP contribution in [-0.4, -0.2) is 23.2 Å². The van der Waals surface area contributed by atoms with Gasteiger partial charge in [-0.05, 0) is 73.7 Å². The molecule has 122 valence electrons. The van der Waals surface area contributed by atoms with Crippen LogP contribution in [0.1, 0.15) is 58.8 Å². The van der Waals surface area contributed by atoms with Crippen molar-refractivity contribution in [2.75, 3.05) is 0 Å². The number of carbonyl (C=O) groups excluding carboxylic acids is 1. The summed E-state index contributed by atoms with van der Waals surface area (Å²) in [6.07, 6.45) is 6.94. The first-order valence-electron chi connectivity index (χ1n) is 8.95. The van der Waals surface area contributed by atoms with Crippen molar-refractivity contribution in [1.82, 2.24) is 0 Å². The van der Waals surface area contributed by atoms with Gasteiger partial charge in [0.15, 0.2) is 12.0 Å². The Kier molecular flexibility index (Phi) is 3.15. The first kappa shape index (κ1) is 14.9. The third-order valence-corrected chi connectivity index (χ3v) is 7.73. The standard InChI is InChI=1S/C19H27FO2/c1-18-7-4-3-5-13(18)16(21)9-11-12(18)6-8-19(2)14(11)10-15(20)17(19)22/h5,11-12,14-16,21H,3-4,6-10H2,1-2H3/t11-,12-,14+,15?,16?,18-,19+/m1/s1. The Hall–Kier alpha value is -0.700. The van der Waals surface area contributed by atoms with Gasteiger partial charge in [0, 0.05) is 5.41 Å². The van der Waals surface area contributed by atoms with Gasteiger partial charge in [-0.2, -0.15) is 0 Å². The number of carbonyl (C=O) groups is 1. The number of aliphatic hydroxyl groups is 1. The molecule has 0 heterocycles. The van der Waals surface area contributed by atoms with E-state index in [2.05, 4.69) is 13.0 Å². The Balaban J connectivity index is 1.74. The van der Waals surface area contributed by atoms with E-state index in [1.807, 2.05) is 6.92 Å². The fourth-order valence-electron chi connectivity index (χ4n) is 6.56. The van der Waals surface area contributed by atoms with Crippen LogP contribution in [0.15, 0.2) is 11.6 Å². The molecule has 0 amide bonds. The van der Waals surface area contributed by atoms with Crippen LogP contribution in [0.5, 0.6) is 0 Å². The summed E-state index contributed by atoms with van der Waals surface area (Å²) in [4.78, 5) is 12.3. The predicted molar refractivity (Wildman–Crippen MR) is 83.0 cm³/mol.